The van der Waals surface area contributed by atoms with Crippen LogP contribution in [0.5, 0.6) is 0 Å². The molecule has 2 aromatic rings. The highest BCUT2D eigenvalue weighted by Crippen LogP contribution is 2.38. The number of rotatable bonds is 25. The van der Waals surface area contributed by atoms with Crippen LogP contribution in [-0.2, 0) is 44.2 Å². The van der Waals surface area contributed by atoms with Gasteiger partial charge in [-0.3, -0.25) is 4.79 Å². The molecule has 0 aliphatic carbocycles. The molecule has 0 aromatic heterocycles. The van der Waals surface area contributed by atoms with E-state index in [-0.39, 0.29) is 60.0 Å². The van der Waals surface area contributed by atoms with Crippen LogP contribution in [0.1, 0.15) is 109 Å². The SMILES string of the molecule is CC(OCCCCOCc1ccccc1)OCC(CCC(=O)CCCCOC1OC(COC(=O)c2ccccc2)C(C)C(C)C1C)O[Si](C)(C)C(C)(C)C. The normalized spacial score (nSPS) is 21.8. The number of esters is 1. The van der Waals surface area contributed by atoms with E-state index >= 15 is 0 Å². The fraction of sp³-hybridized carbons (Fsp3) is 0.682. The van der Waals surface area contributed by atoms with E-state index in [1.807, 2.05) is 43.3 Å². The van der Waals surface area contributed by atoms with Crippen LogP contribution < -0.4 is 0 Å². The number of hydrogen-bond acceptors (Lipinski definition) is 9. The number of carbonyl (C=O) groups is 2. The summed E-state index contributed by atoms with van der Waals surface area (Å²) in [5, 5.41) is 0.0436. The zero-order valence-corrected chi connectivity index (χ0v) is 35.7. The van der Waals surface area contributed by atoms with Gasteiger partial charge in [0.2, 0.25) is 0 Å². The molecule has 1 aliphatic heterocycles. The maximum Gasteiger partial charge on any atom is 0.338 e. The lowest BCUT2D eigenvalue weighted by molar-refractivity contribution is -0.254. The third kappa shape index (κ3) is 16.3. The monoisotopic (exact) mass is 770 g/mol. The van der Waals surface area contributed by atoms with Crippen molar-refractivity contribution in [1.82, 2.24) is 0 Å². The molecule has 54 heavy (non-hydrogen) atoms. The van der Waals surface area contributed by atoms with E-state index in [9.17, 15) is 9.59 Å². The number of ketones is 1. The number of carbonyl (C=O) groups excluding carboxylic acids is 2. The van der Waals surface area contributed by atoms with Crippen molar-refractivity contribution in [3.8, 4) is 0 Å². The van der Waals surface area contributed by atoms with Crippen LogP contribution in [-0.4, -0.2) is 77.9 Å². The average molecular weight is 771 g/mol. The Hall–Kier alpha value is -2.44. The van der Waals surface area contributed by atoms with Gasteiger partial charge in [0.15, 0.2) is 20.9 Å². The molecular formula is C44H70O9Si. The van der Waals surface area contributed by atoms with Gasteiger partial charge in [0, 0.05) is 38.6 Å². The van der Waals surface area contributed by atoms with Gasteiger partial charge in [-0.25, -0.2) is 4.79 Å². The Morgan fingerprint density at radius 2 is 1.44 bits per heavy atom. The summed E-state index contributed by atoms with van der Waals surface area (Å²) in [6, 6.07) is 19.2. The summed E-state index contributed by atoms with van der Waals surface area (Å²) in [5.41, 5.74) is 1.71. The van der Waals surface area contributed by atoms with E-state index < -0.39 is 8.32 Å². The number of hydrogen-bond donors (Lipinski definition) is 0. The van der Waals surface area contributed by atoms with Gasteiger partial charge in [0.1, 0.15) is 12.4 Å². The second-order valence-electron chi connectivity index (χ2n) is 16.5. The molecule has 1 fully saturated rings. The van der Waals surface area contributed by atoms with Gasteiger partial charge in [-0.15, -0.1) is 0 Å². The summed E-state index contributed by atoms with van der Waals surface area (Å²) in [6.45, 7) is 22.5. The van der Waals surface area contributed by atoms with Gasteiger partial charge in [-0.05, 0) is 86.7 Å². The molecule has 0 radical (unpaired) electrons. The minimum absolute atomic E-state index is 0.0436. The molecule has 1 aliphatic rings. The number of unbranched alkanes of at least 4 members (excludes halogenated alkanes) is 2. The Morgan fingerprint density at radius 1 is 0.796 bits per heavy atom. The lowest BCUT2D eigenvalue weighted by atomic mass is 9.79. The molecule has 304 valence electrons. The Bertz CT molecular complexity index is 1330. The highest BCUT2D eigenvalue weighted by atomic mass is 28.4. The first-order valence-corrected chi connectivity index (χ1v) is 23.1. The minimum atomic E-state index is -2.08. The fourth-order valence-corrected chi connectivity index (χ4v) is 7.51. The molecule has 10 heteroatoms. The van der Waals surface area contributed by atoms with Crippen molar-refractivity contribution in [1.29, 1.82) is 0 Å². The van der Waals surface area contributed by atoms with Crippen molar-refractivity contribution in [2.24, 2.45) is 17.8 Å². The summed E-state index contributed by atoms with van der Waals surface area (Å²) in [7, 11) is -2.08. The Balaban J connectivity index is 1.35. The van der Waals surface area contributed by atoms with E-state index in [1.54, 1.807) is 12.1 Å². The molecule has 1 heterocycles. The lowest BCUT2D eigenvalue weighted by Gasteiger charge is -2.43. The molecule has 7 atom stereocenters. The van der Waals surface area contributed by atoms with Crippen molar-refractivity contribution in [2.45, 2.75) is 143 Å². The van der Waals surface area contributed by atoms with Crippen LogP contribution in [0.2, 0.25) is 18.1 Å². The quantitative estimate of drug-likeness (QED) is 0.0423. The van der Waals surface area contributed by atoms with Crippen molar-refractivity contribution in [2.75, 3.05) is 33.0 Å². The van der Waals surface area contributed by atoms with Gasteiger partial charge in [-0.1, -0.05) is 90.1 Å². The van der Waals surface area contributed by atoms with Gasteiger partial charge < -0.3 is 32.8 Å². The van der Waals surface area contributed by atoms with Crippen LogP contribution in [0.3, 0.4) is 0 Å². The van der Waals surface area contributed by atoms with Gasteiger partial charge in [-0.2, -0.15) is 0 Å². The molecule has 0 N–H and O–H groups in total. The average Bonchev–Trinajstić information content (AvgIpc) is 3.14. The number of Topliss-reactive ketones (excluding diaryl/α,β-unsaturated/α-hetero) is 1. The summed E-state index contributed by atoms with van der Waals surface area (Å²) in [6.07, 6.45) is 3.72. The Labute approximate surface area is 327 Å². The van der Waals surface area contributed by atoms with Crippen molar-refractivity contribution in [3.63, 3.8) is 0 Å². The first-order valence-electron chi connectivity index (χ1n) is 20.2. The zero-order chi connectivity index (χ0) is 39.6. The van der Waals surface area contributed by atoms with Gasteiger partial charge in [0.05, 0.1) is 31.0 Å². The van der Waals surface area contributed by atoms with Crippen LogP contribution in [0.15, 0.2) is 60.7 Å². The number of ether oxygens (including phenoxy) is 6. The Morgan fingerprint density at radius 3 is 2.13 bits per heavy atom. The molecule has 3 rings (SSSR count). The highest BCUT2D eigenvalue weighted by molar-refractivity contribution is 6.74. The minimum Gasteiger partial charge on any atom is -0.459 e. The van der Waals surface area contributed by atoms with Gasteiger partial charge >= 0.3 is 5.97 Å². The topological polar surface area (TPSA) is 98.8 Å². The predicted molar refractivity (Wildman–Crippen MR) is 216 cm³/mol. The molecule has 1 saturated heterocycles. The smallest absolute Gasteiger partial charge is 0.338 e. The lowest BCUT2D eigenvalue weighted by Crippen LogP contribution is -2.48. The van der Waals surface area contributed by atoms with E-state index in [0.29, 0.717) is 63.8 Å². The van der Waals surface area contributed by atoms with E-state index in [4.69, 9.17) is 32.8 Å². The number of benzene rings is 2. The summed E-state index contributed by atoms with van der Waals surface area (Å²) < 4.78 is 42.7. The maximum atomic E-state index is 13.0. The maximum absolute atomic E-state index is 13.0. The molecule has 7 unspecified atom stereocenters. The Kier molecular flexibility index (Phi) is 20.1. The van der Waals surface area contributed by atoms with E-state index in [2.05, 4.69) is 66.8 Å². The summed E-state index contributed by atoms with van der Waals surface area (Å²) in [4.78, 5) is 25.5. The van der Waals surface area contributed by atoms with Crippen LogP contribution >= 0.6 is 0 Å². The molecule has 0 saturated carbocycles. The molecule has 9 nitrogen and oxygen atoms in total. The molecule has 2 aromatic carbocycles. The second-order valence-corrected chi connectivity index (χ2v) is 21.3. The fourth-order valence-electron chi connectivity index (χ4n) is 6.13. The van der Waals surface area contributed by atoms with Crippen LogP contribution in [0.4, 0.5) is 0 Å². The summed E-state index contributed by atoms with van der Waals surface area (Å²) in [5.74, 6) is 0.619. The molecule has 0 spiro atoms. The molecular weight excluding hydrogens is 701 g/mol. The van der Waals surface area contributed by atoms with Gasteiger partial charge in [0.25, 0.3) is 0 Å². The van der Waals surface area contributed by atoms with E-state index in [1.165, 1.54) is 5.56 Å². The van der Waals surface area contributed by atoms with Crippen molar-refractivity contribution in [3.05, 3.63) is 71.8 Å². The molecule has 0 bridgehead atoms. The van der Waals surface area contributed by atoms with Crippen LogP contribution in [0, 0.1) is 17.8 Å². The summed E-state index contributed by atoms with van der Waals surface area (Å²) >= 11 is 0. The van der Waals surface area contributed by atoms with Crippen molar-refractivity contribution < 1.29 is 42.4 Å². The standard InChI is InChI=1S/C44H70O9Si/c1-33-34(2)41(32-51-42(46)38-22-14-11-15-23-38)52-43(35(33)3)49-29-17-16-24-39(45)25-26-40(53-54(8,9)44(5,6)7)31-50-36(4)48-28-19-18-27-47-30-37-20-12-10-13-21-37/h10-15,20-23,33-36,40-41,43H,16-19,24-32H2,1-9H3. The van der Waals surface area contributed by atoms with E-state index in [0.717, 1.165) is 25.7 Å². The highest BCUT2D eigenvalue weighted by Gasteiger charge is 2.41. The third-order valence-corrected chi connectivity index (χ3v) is 15.7. The first kappa shape index (κ1) is 45.9. The largest absolute Gasteiger partial charge is 0.459 e. The second kappa shape index (κ2) is 23.6. The first-order chi connectivity index (χ1) is 25.7. The third-order valence-electron chi connectivity index (χ3n) is 11.2. The zero-order valence-electron chi connectivity index (χ0n) is 34.7. The molecule has 0 amide bonds. The predicted octanol–water partition coefficient (Wildman–Crippen LogP) is 9.78. The van der Waals surface area contributed by atoms with Crippen molar-refractivity contribution >= 4 is 20.1 Å². The van der Waals surface area contributed by atoms with Crippen LogP contribution in [0.25, 0.3) is 0 Å².